The zero-order valence-electron chi connectivity index (χ0n) is 18.5. The number of amides is 1. The van der Waals surface area contributed by atoms with E-state index in [1.54, 1.807) is 45.2 Å². The van der Waals surface area contributed by atoms with Gasteiger partial charge >= 0.3 is 6.61 Å². The molecule has 1 atom stereocenters. The van der Waals surface area contributed by atoms with E-state index in [2.05, 4.69) is 9.46 Å². The van der Waals surface area contributed by atoms with Gasteiger partial charge in [-0.3, -0.25) is 4.79 Å². The number of carbonyl (C=O) groups excluding carboxylic acids is 1. The van der Waals surface area contributed by atoms with Crippen molar-refractivity contribution in [2.24, 2.45) is 0 Å². The van der Waals surface area contributed by atoms with Crippen LogP contribution < -0.4 is 9.46 Å². The van der Waals surface area contributed by atoms with Crippen LogP contribution in [-0.4, -0.2) is 50.9 Å². The molecule has 1 amide bonds. The molecule has 2 rings (SSSR count). The van der Waals surface area contributed by atoms with Crippen molar-refractivity contribution in [3.63, 3.8) is 0 Å². The average molecular weight is 487 g/mol. The van der Waals surface area contributed by atoms with E-state index in [4.69, 9.17) is 0 Å². The summed E-state index contributed by atoms with van der Waals surface area (Å²) in [5.74, 6) is 0.247. The molecule has 2 aromatic rings. The largest absolute Gasteiger partial charge is 0.435 e. The van der Waals surface area contributed by atoms with Crippen LogP contribution in [0, 0.1) is 13.8 Å². The highest BCUT2D eigenvalue weighted by molar-refractivity contribution is 7.98. The highest BCUT2D eigenvalue weighted by atomic mass is 32.2. The Balaban J connectivity index is 2.16. The molecule has 0 saturated carbocycles. The second-order valence-electron chi connectivity index (χ2n) is 7.44. The number of thioether (sulfide) groups is 1. The molecule has 2 aromatic carbocycles. The summed E-state index contributed by atoms with van der Waals surface area (Å²) in [5.41, 5.74) is 2.10. The van der Waals surface area contributed by atoms with E-state index in [9.17, 15) is 22.0 Å². The number of hydrogen-bond acceptors (Lipinski definition) is 5. The Morgan fingerprint density at radius 2 is 1.81 bits per heavy atom. The molecule has 10 heteroatoms. The smallest absolute Gasteiger partial charge is 0.387 e. The summed E-state index contributed by atoms with van der Waals surface area (Å²) in [6.07, 6.45) is 2.21. The Morgan fingerprint density at radius 1 is 1.16 bits per heavy atom. The molecule has 32 heavy (non-hydrogen) atoms. The first-order valence-electron chi connectivity index (χ1n) is 9.90. The van der Waals surface area contributed by atoms with Gasteiger partial charge in [0, 0.05) is 13.6 Å². The number of likely N-dealkylation sites (N-methyl/N-ethyl adjacent to an activating group) is 1. The normalized spacial score (nSPS) is 12.6. The topological polar surface area (TPSA) is 75.7 Å². The van der Waals surface area contributed by atoms with Crippen LogP contribution >= 0.6 is 11.8 Å². The molecule has 1 unspecified atom stereocenters. The minimum Gasteiger partial charge on any atom is -0.435 e. The summed E-state index contributed by atoms with van der Waals surface area (Å²) < 4.78 is 57.6. The van der Waals surface area contributed by atoms with Crippen molar-refractivity contribution < 1.29 is 26.7 Å². The zero-order valence-corrected chi connectivity index (χ0v) is 20.1. The number of nitrogens with one attached hydrogen (secondary N) is 1. The standard InChI is InChI=1S/C22H28F2N2O4S2/c1-15-5-6-16(2)20(13-15)32(28,29)25-19(11-12-31-4)21(27)26(3)14-17-7-9-18(10-8-17)30-22(23)24/h5-10,13,19,22,25H,11-12,14H2,1-4H3. The fraction of sp³-hybridized carbons (Fsp3) is 0.409. The lowest BCUT2D eigenvalue weighted by atomic mass is 10.1. The van der Waals surface area contributed by atoms with Crippen LogP contribution in [0.1, 0.15) is 23.1 Å². The van der Waals surface area contributed by atoms with Crippen LogP contribution in [0.2, 0.25) is 0 Å². The van der Waals surface area contributed by atoms with E-state index in [1.165, 1.54) is 28.8 Å². The quantitative estimate of drug-likeness (QED) is 0.520. The van der Waals surface area contributed by atoms with Gasteiger partial charge in [-0.15, -0.1) is 0 Å². The minimum absolute atomic E-state index is 0.0249. The summed E-state index contributed by atoms with van der Waals surface area (Å²) in [5, 5.41) is 0. The maximum Gasteiger partial charge on any atom is 0.387 e. The van der Waals surface area contributed by atoms with Crippen molar-refractivity contribution >= 4 is 27.7 Å². The highest BCUT2D eigenvalue weighted by Gasteiger charge is 2.28. The second kappa shape index (κ2) is 11.6. The van der Waals surface area contributed by atoms with Crippen molar-refractivity contribution in [3.05, 3.63) is 59.2 Å². The van der Waals surface area contributed by atoms with E-state index < -0.39 is 22.7 Å². The number of benzene rings is 2. The van der Waals surface area contributed by atoms with E-state index in [1.807, 2.05) is 12.3 Å². The van der Waals surface area contributed by atoms with Gasteiger partial charge in [-0.2, -0.15) is 25.3 Å². The molecule has 0 heterocycles. The monoisotopic (exact) mass is 486 g/mol. The van der Waals surface area contributed by atoms with Gasteiger partial charge in [-0.1, -0.05) is 24.3 Å². The fourth-order valence-corrected chi connectivity index (χ4v) is 5.13. The molecule has 0 aromatic heterocycles. The number of hydrogen-bond donors (Lipinski definition) is 1. The van der Waals surface area contributed by atoms with Gasteiger partial charge in [0.15, 0.2) is 0 Å². The number of halogens is 2. The summed E-state index contributed by atoms with van der Waals surface area (Å²) in [6.45, 7) is 0.794. The number of sulfonamides is 1. The molecule has 0 aliphatic carbocycles. The molecular weight excluding hydrogens is 458 g/mol. The van der Waals surface area contributed by atoms with E-state index in [-0.39, 0.29) is 23.1 Å². The molecule has 0 aliphatic rings. The SMILES string of the molecule is CSCCC(NS(=O)(=O)c1cc(C)ccc1C)C(=O)N(C)Cc1ccc(OC(F)F)cc1. The van der Waals surface area contributed by atoms with Gasteiger partial charge in [0.1, 0.15) is 11.8 Å². The average Bonchev–Trinajstić information content (AvgIpc) is 2.73. The fourth-order valence-electron chi connectivity index (χ4n) is 3.11. The van der Waals surface area contributed by atoms with Gasteiger partial charge in [-0.25, -0.2) is 8.42 Å². The van der Waals surface area contributed by atoms with Crippen molar-refractivity contribution in [2.45, 2.75) is 44.4 Å². The molecule has 0 fully saturated rings. The Morgan fingerprint density at radius 3 is 2.41 bits per heavy atom. The van der Waals surface area contributed by atoms with Crippen LogP contribution in [0.25, 0.3) is 0 Å². The Kier molecular flexibility index (Phi) is 9.47. The zero-order chi connectivity index (χ0) is 23.9. The van der Waals surface area contributed by atoms with Crippen molar-refractivity contribution in [1.29, 1.82) is 0 Å². The van der Waals surface area contributed by atoms with Crippen LogP contribution in [0.3, 0.4) is 0 Å². The third kappa shape index (κ3) is 7.46. The lowest BCUT2D eigenvalue weighted by molar-refractivity contribution is -0.132. The van der Waals surface area contributed by atoms with Crippen molar-refractivity contribution in [3.8, 4) is 5.75 Å². The molecule has 0 saturated heterocycles. The van der Waals surface area contributed by atoms with Crippen LogP contribution in [-0.2, 0) is 21.4 Å². The lowest BCUT2D eigenvalue weighted by Crippen LogP contribution is -2.47. The van der Waals surface area contributed by atoms with Gasteiger partial charge in [0.25, 0.3) is 0 Å². The summed E-state index contributed by atoms with van der Waals surface area (Å²) in [7, 11) is -2.33. The number of rotatable bonds is 11. The van der Waals surface area contributed by atoms with Gasteiger partial charge in [-0.05, 0) is 67.2 Å². The number of carbonyl (C=O) groups is 1. The summed E-state index contributed by atoms with van der Waals surface area (Å²) >= 11 is 1.52. The predicted molar refractivity (Wildman–Crippen MR) is 123 cm³/mol. The third-order valence-electron chi connectivity index (χ3n) is 4.78. The van der Waals surface area contributed by atoms with Gasteiger partial charge in [0.05, 0.1) is 4.90 Å². The Labute approximate surface area is 192 Å². The first-order valence-corrected chi connectivity index (χ1v) is 12.8. The molecule has 0 bridgehead atoms. The molecule has 1 N–H and O–H groups in total. The minimum atomic E-state index is -3.91. The first kappa shape index (κ1) is 26.1. The van der Waals surface area contributed by atoms with Gasteiger partial charge in [0.2, 0.25) is 15.9 Å². The number of nitrogens with zero attached hydrogens (tertiary/aromatic N) is 1. The van der Waals surface area contributed by atoms with Crippen LogP contribution in [0.15, 0.2) is 47.4 Å². The van der Waals surface area contributed by atoms with Crippen LogP contribution in [0.5, 0.6) is 5.75 Å². The van der Waals surface area contributed by atoms with E-state index in [0.29, 0.717) is 23.3 Å². The summed E-state index contributed by atoms with van der Waals surface area (Å²) in [6, 6.07) is 10.2. The number of ether oxygens (including phenoxy) is 1. The molecule has 176 valence electrons. The molecule has 0 radical (unpaired) electrons. The molecule has 0 spiro atoms. The first-order chi connectivity index (χ1) is 15.0. The second-order valence-corrected chi connectivity index (χ2v) is 10.1. The maximum atomic E-state index is 13.1. The Hall–Kier alpha value is -2.17. The van der Waals surface area contributed by atoms with Crippen molar-refractivity contribution in [2.75, 3.05) is 19.1 Å². The lowest BCUT2D eigenvalue weighted by Gasteiger charge is -2.25. The van der Waals surface area contributed by atoms with E-state index in [0.717, 1.165) is 5.56 Å². The molecular formula is C22H28F2N2O4S2. The molecule has 6 nitrogen and oxygen atoms in total. The van der Waals surface area contributed by atoms with Gasteiger partial charge < -0.3 is 9.64 Å². The van der Waals surface area contributed by atoms with Crippen molar-refractivity contribution in [1.82, 2.24) is 9.62 Å². The third-order valence-corrected chi connectivity index (χ3v) is 7.04. The Bertz CT molecular complexity index is 1020. The highest BCUT2D eigenvalue weighted by Crippen LogP contribution is 2.19. The predicted octanol–water partition coefficient (Wildman–Crippen LogP) is 3.96. The summed E-state index contributed by atoms with van der Waals surface area (Å²) in [4.78, 5) is 14.7. The maximum absolute atomic E-state index is 13.1. The number of alkyl halides is 2. The molecule has 0 aliphatic heterocycles. The van der Waals surface area contributed by atoms with Crippen LogP contribution in [0.4, 0.5) is 8.78 Å². The number of aryl methyl sites for hydroxylation is 2. The van der Waals surface area contributed by atoms with E-state index >= 15 is 0 Å².